The molecule has 2 rings (SSSR count). The number of nitrogens with one attached hydrogen (secondary N) is 2. The van der Waals surface area contributed by atoms with Gasteiger partial charge in [-0.05, 0) is 39.2 Å². The molecule has 1 saturated heterocycles. The van der Waals surface area contributed by atoms with E-state index in [-0.39, 0.29) is 35.5 Å². The molecule has 8 nitrogen and oxygen atoms in total. The van der Waals surface area contributed by atoms with E-state index in [1.165, 1.54) is 11.9 Å². The van der Waals surface area contributed by atoms with Crippen molar-refractivity contribution in [1.29, 1.82) is 0 Å². The monoisotopic (exact) mass is 431 g/mol. The number of unbranched alkanes of at least 4 members (excludes halogenated alkanes) is 1. The highest BCUT2D eigenvalue weighted by atomic mass is 16.5. The number of hydrogen-bond acceptors (Lipinski definition) is 6. The van der Waals surface area contributed by atoms with Crippen LogP contribution in [0.15, 0.2) is 18.2 Å². The first-order valence-corrected chi connectivity index (χ1v) is 10.8. The molecule has 0 aliphatic carbocycles. The predicted octanol–water partition coefficient (Wildman–Crippen LogP) is 2.77. The van der Waals surface area contributed by atoms with Crippen molar-refractivity contribution < 1.29 is 23.9 Å². The number of piperidine rings is 1. The largest absolute Gasteiger partial charge is 0.384 e. The van der Waals surface area contributed by atoms with Crippen molar-refractivity contribution in [3.63, 3.8) is 0 Å². The van der Waals surface area contributed by atoms with E-state index in [1.807, 2.05) is 13.8 Å². The summed E-state index contributed by atoms with van der Waals surface area (Å²) in [6.07, 6.45) is 3.83. The summed E-state index contributed by atoms with van der Waals surface area (Å²) < 4.78 is 5.93. The number of carbonyl (C=O) groups is 4. The molecule has 1 aliphatic rings. The smallest absolute Gasteiger partial charge is 0.257 e. The van der Waals surface area contributed by atoms with E-state index in [9.17, 15) is 19.2 Å². The van der Waals surface area contributed by atoms with Crippen LogP contribution in [0.2, 0.25) is 0 Å². The highest BCUT2D eigenvalue weighted by Gasteiger charge is 2.34. The minimum absolute atomic E-state index is 0.168. The number of anilines is 1. The molecule has 0 aromatic heterocycles. The molecule has 0 spiro atoms. The van der Waals surface area contributed by atoms with Crippen LogP contribution in [-0.2, 0) is 14.3 Å². The fourth-order valence-corrected chi connectivity index (χ4v) is 3.49. The maximum Gasteiger partial charge on any atom is 0.257 e. The van der Waals surface area contributed by atoms with Gasteiger partial charge in [0, 0.05) is 37.9 Å². The first-order chi connectivity index (χ1) is 14.7. The second-order valence-electron chi connectivity index (χ2n) is 8.41. The number of carbonyl (C=O) groups excluding carboxylic acids is 4. The van der Waals surface area contributed by atoms with E-state index in [2.05, 4.69) is 17.6 Å². The van der Waals surface area contributed by atoms with Crippen LogP contribution >= 0.6 is 0 Å². The molecule has 0 saturated carbocycles. The molecule has 3 amide bonds. The maximum atomic E-state index is 13.2. The molecule has 1 aromatic carbocycles. The Hall–Kier alpha value is -2.74. The van der Waals surface area contributed by atoms with Crippen molar-refractivity contribution in [2.45, 2.75) is 64.5 Å². The highest BCUT2D eigenvalue weighted by Crippen LogP contribution is 2.24. The third-order valence-electron chi connectivity index (χ3n) is 5.47. The first-order valence-electron chi connectivity index (χ1n) is 10.8. The van der Waals surface area contributed by atoms with Gasteiger partial charge in [-0.1, -0.05) is 25.5 Å². The Labute approximate surface area is 183 Å². The fourth-order valence-electron chi connectivity index (χ4n) is 3.49. The summed E-state index contributed by atoms with van der Waals surface area (Å²) in [5, 5.41) is 5.51. The van der Waals surface area contributed by atoms with E-state index >= 15 is 0 Å². The molecule has 2 N–H and O–H groups in total. The molecule has 170 valence electrons. The standard InChI is InChI=1S/C23H33N3O5/c1-5-6-14-31-23(2,3)12-13-24-17-9-7-8-16(15-27)20(17)22(30)26(4)18-10-11-19(28)25-21(18)29/h7-9,15,18,24H,5-6,10-14H2,1-4H3,(H,25,28,29). The molecule has 0 radical (unpaired) electrons. The zero-order valence-corrected chi connectivity index (χ0v) is 18.8. The average Bonchev–Trinajstić information content (AvgIpc) is 2.72. The van der Waals surface area contributed by atoms with Crippen LogP contribution in [0.4, 0.5) is 5.69 Å². The number of hydrogen-bond donors (Lipinski definition) is 2. The van der Waals surface area contributed by atoms with Gasteiger partial charge >= 0.3 is 0 Å². The van der Waals surface area contributed by atoms with Crippen LogP contribution in [-0.4, -0.2) is 60.7 Å². The van der Waals surface area contributed by atoms with Crippen LogP contribution < -0.4 is 10.6 Å². The molecular formula is C23H33N3O5. The van der Waals surface area contributed by atoms with Gasteiger partial charge in [0.15, 0.2) is 6.29 Å². The lowest BCUT2D eigenvalue weighted by molar-refractivity contribution is -0.136. The SMILES string of the molecule is CCCCOC(C)(C)CCNc1cccc(C=O)c1C(=O)N(C)C1CCC(=O)NC1=O. The molecule has 0 bridgehead atoms. The summed E-state index contributed by atoms with van der Waals surface area (Å²) in [4.78, 5) is 49.8. The van der Waals surface area contributed by atoms with Gasteiger partial charge in [-0.15, -0.1) is 0 Å². The van der Waals surface area contributed by atoms with Gasteiger partial charge in [0.05, 0.1) is 11.2 Å². The molecule has 1 aromatic rings. The van der Waals surface area contributed by atoms with Crippen LogP contribution in [0.5, 0.6) is 0 Å². The predicted molar refractivity (Wildman–Crippen MR) is 118 cm³/mol. The second kappa shape index (κ2) is 11.0. The van der Waals surface area contributed by atoms with Crippen molar-refractivity contribution in [2.24, 2.45) is 0 Å². The molecule has 1 unspecified atom stereocenters. The lowest BCUT2D eigenvalue weighted by Crippen LogP contribution is -2.53. The lowest BCUT2D eigenvalue weighted by atomic mass is 10.0. The second-order valence-corrected chi connectivity index (χ2v) is 8.41. The summed E-state index contributed by atoms with van der Waals surface area (Å²) in [5.41, 5.74) is 0.665. The van der Waals surface area contributed by atoms with E-state index in [0.29, 0.717) is 31.5 Å². The Morgan fingerprint density at radius 3 is 2.74 bits per heavy atom. The minimum atomic E-state index is -0.761. The quantitative estimate of drug-likeness (QED) is 0.317. The van der Waals surface area contributed by atoms with Crippen molar-refractivity contribution in [3.05, 3.63) is 29.3 Å². The van der Waals surface area contributed by atoms with Gasteiger partial charge in [0.2, 0.25) is 11.8 Å². The third-order valence-corrected chi connectivity index (χ3v) is 5.47. The summed E-state index contributed by atoms with van der Waals surface area (Å²) >= 11 is 0. The van der Waals surface area contributed by atoms with Crippen molar-refractivity contribution >= 4 is 29.7 Å². The average molecular weight is 432 g/mol. The van der Waals surface area contributed by atoms with Crippen LogP contribution in [0, 0.1) is 0 Å². The van der Waals surface area contributed by atoms with Gasteiger partial charge in [-0.2, -0.15) is 0 Å². The minimum Gasteiger partial charge on any atom is -0.384 e. The van der Waals surface area contributed by atoms with Crippen molar-refractivity contribution in [2.75, 3.05) is 25.5 Å². The van der Waals surface area contributed by atoms with Crippen LogP contribution in [0.1, 0.15) is 73.6 Å². The van der Waals surface area contributed by atoms with E-state index in [4.69, 9.17) is 4.74 Å². The van der Waals surface area contributed by atoms with E-state index in [1.54, 1.807) is 18.2 Å². The fraction of sp³-hybridized carbons (Fsp3) is 0.565. The number of nitrogens with zero attached hydrogens (tertiary/aromatic N) is 1. The molecule has 1 aliphatic heterocycles. The maximum absolute atomic E-state index is 13.2. The summed E-state index contributed by atoms with van der Waals surface area (Å²) in [7, 11) is 1.51. The zero-order valence-electron chi connectivity index (χ0n) is 18.8. The Balaban J connectivity index is 2.14. The van der Waals surface area contributed by atoms with Crippen LogP contribution in [0.25, 0.3) is 0 Å². The number of aldehydes is 1. The van der Waals surface area contributed by atoms with Gasteiger partial charge in [-0.25, -0.2) is 0 Å². The summed E-state index contributed by atoms with van der Waals surface area (Å²) in [6.45, 7) is 7.40. The Morgan fingerprint density at radius 2 is 2.10 bits per heavy atom. The Kier molecular flexibility index (Phi) is 8.74. The molecule has 31 heavy (non-hydrogen) atoms. The number of imide groups is 1. The van der Waals surface area contributed by atoms with Gasteiger partial charge < -0.3 is 15.0 Å². The number of benzene rings is 1. The summed E-state index contributed by atoms with van der Waals surface area (Å²) in [5.74, 6) is -1.30. The molecule has 1 atom stereocenters. The number of rotatable bonds is 11. The van der Waals surface area contributed by atoms with Gasteiger partial charge in [0.25, 0.3) is 5.91 Å². The van der Waals surface area contributed by atoms with Crippen LogP contribution in [0.3, 0.4) is 0 Å². The molecule has 1 fully saturated rings. The van der Waals surface area contributed by atoms with E-state index in [0.717, 1.165) is 12.8 Å². The van der Waals surface area contributed by atoms with Gasteiger partial charge in [0.1, 0.15) is 6.04 Å². The topological polar surface area (TPSA) is 105 Å². The van der Waals surface area contributed by atoms with Crippen molar-refractivity contribution in [3.8, 4) is 0 Å². The normalized spacial score (nSPS) is 16.6. The number of amides is 3. The summed E-state index contributed by atoms with van der Waals surface area (Å²) in [6, 6.07) is 4.26. The third kappa shape index (κ3) is 6.62. The van der Waals surface area contributed by atoms with E-state index < -0.39 is 17.9 Å². The first kappa shape index (κ1) is 24.5. The number of ether oxygens (including phenoxy) is 1. The zero-order chi connectivity index (χ0) is 23.0. The lowest BCUT2D eigenvalue weighted by Gasteiger charge is -2.31. The molecular weight excluding hydrogens is 398 g/mol. The molecule has 1 heterocycles. The molecule has 8 heteroatoms. The number of likely N-dealkylation sites (N-methyl/N-ethyl adjacent to an activating group) is 1. The van der Waals surface area contributed by atoms with Crippen molar-refractivity contribution in [1.82, 2.24) is 10.2 Å². The Bertz CT molecular complexity index is 821. The van der Waals surface area contributed by atoms with Gasteiger partial charge in [-0.3, -0.25) is 24.5 Å². The Morgan fingerprint density at radius 1 is 1.35 bits per heavy atom. The highest BCUT2D eigenvalue weighted by molar-refractivity contribution is 6.08.